The number of esters is 1. The Hall–Kier alpha value is -4.84. The van der Waals surface area contributed by atoms with Gasteiger partial charge in [-0.3, -0.25) is 19.2 Å². The number of allylic oxidation sites excluding steroid dienone is 2. The molecule has 0 saturated heterocycles. The maximum absolute atomic E-state index is 14.6. The van der Waals surface area contributed by atoms with Gasteiger partial charge in [-0.1, -0.05) is 66.4 Å². The number of halogens is 1. The SMILES string of the molecule is C/C=C1\NC(=O)c2nc(ccc2F)CNC(=O)C[C@@H](/C=C/CCSC(C)=O)OC(=O)[C@H](Cc2cccc3ccccc23)NC1=O. The second-order valence-electron chi connectivity index (χ2n) is 10.2. The summed E-state index contributed by atoms with van der Waals surface area (Å²) in [5, 5.41) is 9.45. The number of ether oxygens (including phenoxy) is 1. The summed E-state index contributed by atoms with van der Waals surface area (Å²) in [5.41, 5.74) is 0.179. The van der Waals surface area contributed by atoms with E-state index in [2.05, 4.69) is 20.9 Å². The van der Waals surface area contributed by atoms with Gasteiger partial charge in [-0.15, -0.1) is 0 Å². The number of nitrogens with one attached hydrogen (secondary N) is 3. The summed E-state index contributed by atoms with van der Waals surface area (Å²) in [4.78, 5) is 68.3. The van der Waals surface area contributed by atoms with Crippen LogP contribution in [0.25, 0.3) is 10.8 Å². The second-order valence-corrected chi connectivity index (χ2v) is 11.4. The minimum atomic E-state index is -1.23. The Morgan fingerprint density at radius 2 is 1.84 bits per heavy atom. The highest BCUT2D eigenvalue weighted by atomic mass is 32.2. The number of hydrogen-bond donors (Lipinski definition) is 3. The van der Waals surface area contributed by atoms with Crippen LogP contribution in [0.3, 0.4) is 0 Å². The van der Waals surface area contributed by atoms with Gasteiger partial charge in [-0.2, -0.15) is 0 Å². The number of carbonyl (C=O) groups excluding carboxylic acids is 5. The molecule has 10 nitrogen and oxygen atoms in total. The molecule has 0 saturated carbocycles. The fraction of sp³-hybridized carbons (Fsp3) is 0.273. The number of cyclic esters (lactones) is 1. The van der Waals surface area contributed by atoms with E-state index in [0.29, 0.717) is 12.2 Å². The first-order chi connectivity index (χ1) is 21.6. The van der Waals surface area contributed by atoms with Gasteiger partial charge in [0.25, 0.3) is 11.8 Å². The zero-order valence-corrected chi connectivity index (χ0v) is 25.6. The molecule has 3 amide bonds. The van der Waals surface area contributed by atoms with Crippen LogP contribution in [0.2, 0.25) is 0 Å². The quantitative estimate of drug-likeness (QED) is 0.161. The fourth-order valence-corrected chi connectivity index (χ4v) is 5.19. The van der Waals surface area contributed by atoms with Crippen molar-refractivity contribution in [1.29, 1.82) is 0 Å². The molecule has 0 fully saturated rings. The van der Waals surface area contributed by atoms with Crippen LogP contribution in [0.1, 0.15) is 48.4 Å². The fourth-order valence-electron chi connectivity index (χ4n) is 4.64. The van der Waals surface area contributed by atoms with Crippen LogP contribution in [0, 0.1) is 5.82 Å². The Morgan fingerprint density at radius 3 is 2.62 bits per heavy atom. The van der Waals surface area contributed by atoms with E-state index in [4.69, 9.17) is 4.74 Å². The second kappa shape index (κ2) is 15.8. The molecule has 1 aliphatic rings. The van der Waals surface area contributed by atoms with E-state index >= 15 is 0 Å². The van der Waals surface area contributed by atoms with Crippen LogP contribution in [0.5, 0.6) is 0 Å². The largest absolute Gasteiger partial charge is 0.456 e. The third kappa shape index (κ3) is 9.32. The van der Waals surface area contributed by atoms with Gasteiger partial charge in [0.05, 0.1) is 18.7 Å². The van der Waals surface area contributed by atoms with Crippen LogP contribution in [-0.2, 0) is 36.9 Å². The van der Waals surface area contributed by atoms with Crippen molar-refractivity contribution >= 4 is 51.3 Å². The average molecular weight is 633 g/mol. The minimum Gasteiger partial charge on any atom is -0.456 e. The van der Waals surface area contributed by atoms with Crippen molar-refractivity contribution in [1.82, 2.24) is 20.9 Å². The molecule has 2 atom stereocenters. The number of nitrogens with zero attached hydrogens (tertiary/aromatic N) is 1. The molecule has 4 rings (SSSR count). The molecule has 45 heavy (non-hydrogen) atoms. The van der Waals surface area contributed by atoms with Crippen LogP contribution < -0.4 is 16.0 Å². The van der Waals surface area contributed by atoms with Crippen LogP contribution in [0.4, 0.5) is 4.39 Å². The predicted octanol–water partition coefficient (Wildman–Crippen LogP) is 3.89. The smallest absolute Gasteiger partial charge is 0.329 e. The van der Waals surface area contributed by atoms with E-state index in [1.165, 1.54) is 26.0 Å². The zero-order valence-electron chi connectivity index (χ0n) is 24.8. The number of pyridine rings is 1. The lowest BCUT2D eigenvalue weighted by atomic mass is 9.98. The number of aromatic nitrogens is 1. The summed E-state index contributed by atoms with van der Waals surface area (Å²) in [7, 11) is 0. The van der Waals surface area contributed by atoms with Gasteiger partial charge in [0, 0.05) is 19.1 Å². The van der Waals surface area contributed by atoms with E-state index in [9.17, 15) is 28.4 Å². The lowest BCUT2D eigenvalue weighted by Crippen LogP contribution is -2.47. The van der Waals surface area contributed by atoms with Gasteiger partial charge in [-0.25, -0.2) is 14.2 Å². The summed E-state index contributed by atoms with van der Waals surface area (Å²) in [6, 6.07) is 14.3. The highest BCUT2D eigenvalue weighted by Crippen LogP contribution is 2.21. The van der Waals surface area contributed by atoms with Gasteiger partial charge in [0.1, 0.15) is 17.8 Å². The highest BCUT2D eigenvalue weighted by Gasteiger charge is 2.29. The minimum absolute atomic E-state index is 0.0276. The van der Waals surface area contributed by atoms with Crippen molar-refractivity contribution in [3.8, 4) is 0 Å². The van der Waals surface area contributed by atoms with Crippen molar-refractivity contribution in [3.05, 3.63) is 101 Å². The molecule has 12 heteroatoms. The van der Waals surface area contributed by atoms with E-state index in [1.807, 2.05) is 42.5 Å². The number of benzene rings is 2. The first kappa shape index (κ1) is 33.1. The molecule has 1 aliphatic heterocycles. The van der Waals surface area contributed by atoms with Crippen LogP contribution >= 0.6 is 11.8 Å². The van der Waals surface area contributed by atoms with Crippen molar-refractivity contribution in [2.24, 2.45) is 0 Å². The number of hydrogen-bond acceptors (Lipinski definition) is 8. The number of rotatable bonds is 6. The maximum atomic E-state index is 14.6. The van der Waals surface area contributed by atoms with Gasteiger partial charge >= 0.3 is 5.97 Å². The third-order valence-corrected chi connectivity index (χ3v) is 7.70. The van der Waals surface area contributed by atoms with Crippen molar-refractivity contribution in [2.45, 2.75) is 51.8 Å². The number of carbonyl (C=O) groups is 5. The highest BCUT2D eigenvalue weighted by molar-refractivity contribution is 8.13. The Labute approximate surface area is 263 Å². The van der Waals surface area contributed by atoms with E-state index < -0.39 is 47.3 Å². The topological polar surface area (TPSA) is 144 Å². The lowest BCUT2D eigenvalue weighted by Gasteiger charge is -2.23. The third-order valence-electron chi connectivity index (χ3n) is 6.86. The van der Waals surface area contributed by atoms with Crippen molar-refractivity contribution < 1.29 is 33.1 Å². The maximum Gasteiger partial charge on any atom is 0.329 e. The lowest BCUT2D eigenvalue weighted by molar-refractivity contribution is -0.151. The van der Waals surface area contributed by atoms with Gasteiger partial charge in [-0.05, 0) is 47.9 Å². The Morgan fingerprint density at radius 1 is 1.07 bits per heavy atom. The van der Waals surface area contributed by atoms with Gasteiger partial charge in [0.15, 0.2) is 16.6 Å². The van der Waals surface area contributed by atoms with Crippen molar-refractivity contribution in [3.63, 3.8) is 0 Å². The normalized spacial score (nSPS) is 19.2. The number of thioether (sulfide) groups is 1. The van der Waals surface area contributed by atoms with E-state index in [0.717, 1.165) is 34.2 Å². The molecule has 0 spiro atoms. The molecular formula is C33H33FN4O6S. The molecule has 2 aromatic carbocycles. The Bertz CT molecular complexity index is 1670. The van der Waals surface area contributed by atoms with E-state index in [1.54, 1.807) is 12.2 Å². The first-order valence-corrected chi connectivity index (χ1v) is 15.3. The molecule has 3 N–H and O–H groups in total. The molecule has 2 heterocycles. The zero-order chi connectivity index (χ0) is 32.3. The van der Waals surface area contributed by atoms with E-state index in [-0.39, 0.29) is 35.9 Å². The van der Waals surface area contributed by atoms with Gasteiger partial charge < -0.3 is 20.7 Å². The molecule has 234 valence electrons. The van der Waals surface area contributed by atoms with Crippen LogP contribution in [-0.4, -0.2) is 51.7 Å². The van der Waals surface area contributed by atoms with Gasteiger partial charge in [0.2, 0.25) is 5.91 Å². The Balaban J connectivity index is 1.69. The molecule has 2 bridgehead atoms. The van der Waals surface area contributed by atoms with Crippen LogP contribution in [0.15, 0.2) is 78.5 Å². The molecular weight excluding hydrogens is 599 g/mol. The van der Waals surface area contributed by atoms with Crippen molar-refractivity contribution in [2.75, 3.05) is 5.75 Å². The molecule has 0 unspecified atom stereocenters. The summed E-state index contributed by atoms with van der Waals surface area (Å²) in [6.45, 7) is 2.85. The molecule has 0 aliphatic carbocycles. The summed E-state index contributed by atoms with van der Waals surface area (Å²) in [6.07, 6.45) is 3.88. The summed E-state index contributed by atoms with van der Waals surface area (Å²) < 4.78 is 20.4. The monoisotopic (exact) mass is 632 g/mol. The predicted molar refractivity (Wildman–Crippen MR) is 168 cm³/mol. The number of fused-ring (bicyclic) bond motifs is 3. The summed E-state index contributed by atoms with van der Waals surface area (Å²) >= 11 is 1.15. The molecule has 0 radical (unpaired) electrons. The number of amides is 3. The summed E-state index contributed by atoms with van der Waals surface area (Å²) in [5.74, 6) is -3.48. The standard InChI is InChI=1S/C33H33FN4O6S/c1-3-27-31(41)38-28(17-22-11-8-10-21-9-4-5-13-25(21)22)33(43)44-24(12-6-7-16-45-20(2)39)18-29(40)35-19-23-14-15-26(34)30(36-23)32(42)37-27/h3-6,8-15,24,28H,7,16-19H2,1-2H3,(H,35,40)(H,37,42)(H,38,41)/b12-6+,27-3-/t24-,28+/m1/s1. The average Bonchev–Trinajstić information content (AvgIpc) is 3.02. The molecule has 3 aromatic rings. The molecule has 1 aromatic heterocycles. The Kier molecular flexibility index (Phi) is 11.6. The first-order valence-electron chi connectivity index (χ1n) is 14.3.